The van der Waals surface area contributed by atoms with Gasteiger partial charge in [-0.05, 0) is 48.7 Å². The van der Waals surface area contributed by atoms with Crippen LogP contribution >= 0.6 is 27.5 Å². The van der Waals surface area contributed by atoms with Crippen LogP contribution in [-0.4, -0.2) is 24.8 Å². The van der Waals surface area contributed by atoms with Crippen LogP contribution in [-0.2, 0) is 14.3 Å². The number of rotatable bonds is 6. The van der Waals surface area contributed by atoms with Crippen LogP contribution < -0.4 is 5.32 Å². The SMILES string of the molecule is COC(=O)[C@@H]1CCCC[C@H]1C(=O)C(NC(=O)c1cccc(Cl)c1)c1ccc(Br)cc1. The number of hydrogen-bond donors (Lipinski definition) is 1. The molecule has 3 rings (SSSR count). The van der Waals surface area contributed by atoms with E-state index in [-0.39, 0.29) is 11.8 Å². The van der Waals surface area contributed by atoms with Crippen LogP contribution in [0.5, 0.6) is 0 Å². The van der Waals surface area contributed by atoms with E-state index in [4.69, 9.17) is 16.3 Å². The van der Waals surface area contributed by atoms with Gasteiger partial charge in [0.1, 0.15) is 6.04 Å². The van der Waals surface area contributed by atoms with Gasteiger partial charge < -0.3 is 10.1 Å². The van der Waals surface area contributed by atoms with E-state index in [0.717, 1.165) is 17.3 Å². The van der Waals surface area contributed by atoms with Crippen molar-refractivity contribution in [1.29, 1.82) is 0 Å². The van der Waals surface area contributed by atoms with Crippen molar-refractivity contribution < 1.29 is 19.1 Å². The molecule has 5 nitrogen and oxygen atoms in total. The second-order valence-electron chi connectivity index (χ2n) is 7.39. The van der Waals surface area contributed by atoms with E-state index >= 15 is 0 Å². The van der Waals surface area contributed by atoms with Crippen molar-refractivity contribution in [3.8, 4) is 0 Å². The third kappa shape index (κ3) is 5.29. The van der Waals surface area contributed by atoms with E-state index in [2.05, 4.69) is 21.2 Å². The molecule has 158 valence electrons. The minimum atomic E-state index is -0.875. The summed E-state index contributed by atoms with van der Waals surface area (Å²) in [4.78, 5) is 38.8. The highest BCUT2D eigenvalue weighted by atomic mass is 79.9. The fraction of sp³-hybridized carbons (Fsp3) is 0.348. The maximum atomic E-state index is 13.6. The predicted molar refractivity (Wildman–Crippen MR) is 118 cm³/mol. The lowest BCUT2D eigenvalue weighted by atomic mass is 9.74. The molecule has 0 bridgehead atoms. The number of carbonyl (C=O) groups is 3. The van der Waals surface area contributed by atoms with E-state index < -0.39 is 23.8 Å². The molecular formula is C23H23BrClNO4. The number of benzene rings is 2. The Labute approximate surface area is 189 Å². The summed E-state index contributed by atoms with van der Waals surface area (Å²) in [6.45, 7) is 0. The Bertz CT molecular complexity index is 931. The minimum Gasteiger partial charge on any atom is -0.469 e. The Morgan fingerprint density at radius 2 is 1.73 bits per heavy atom. The molecule has 1 fully saturated rings. The molecular weight excluding hydrogens is 470 g/mol. The lowest BCUT2D eigenvalue weighted by Crippen LogP contribution is -2.42. The van der Waals surface area contributed by atoms with Crippen LogP contribution in [0.3, 0.4) is 0 Å². The van der Waals surface area contributed by atoms with Crippen molar-refractivity contribution in [3.05, 3.63) is 69.2 Å². The lowest BCUT2D eigenvalue weighted by molar-refractivity contribution is -0.152. The number of carbonyl (C=O) groups excluding carboxylic acids is 3. The van der Waals surface area contributed by atoms with Crippen LogP contribution in [0.2, 0.25) is 5.02 Å². The van der Waals surface area contributed by atoms with Gasteiger partial charge in [-0.1, -0.05) is 58.6 Å². The predicted octanol–water partition coefficient (Wildman–Crippen LogP) is 5.12. The van der Waals surface area contributed by atoms with Crippen molar-refractivity contribution in [2.24, 2.45) is 11.8 Å². The van der Waals surface area contributed by atoms with Crippen LogP contribution in [0, 0.1) is 11.8 Å². The van der Waals surface area contributed by atoms with Crippen molar-refractivity contribution in [3.63, 3.8) is 0 Å². The molecule has 0 aromatic heterocycles. The van der Waals surface area contributed by atoms with Crippen LogP contribution in [0.1, 0.15) is 47.6 Å². The summed E-state index contributed by atoms with van der Waals surface area (Å²) in [5.74, 6) is -1.94. The third-order valence-corrected chi connectivity index (χ3v) is 6.25. The summed E-state index contributed by atoms with van der Waals surface area (Å²) in [6, 6.07) is 12.9. The minimum absolute atomic E-state index is 0.178. The monoisotopic (exact) mass is 491 g/mol. The van der Waals surface area contributed by atoms with Crippen LogP contribution in [0.4, 0.5) is 0 Å². The van der Waals surface area contributed by atoms with Crippen molar-refractivity contribution >= 4 is 45.2 Å². The van der Waals surface area contributed by atoms with E-state index in [1.165, 1.54) is 7.11 Å². The molecule has 2 aromatic carbocycles. The molecule has 0 saturated heterocycles. The van der Waals surface area contributed by atoms with Gasteiger partial charge in [0.05, 0.1) is 13.0 Å². The Kier molecular flexibility index (Phi) is 7.67. The van der Waals surface area contributed by atoms with Gasteiger partial charge >= 0.3 is 5.97 Å². The second-order valence-corrected chi connectivity index (χ2v) is 8.74. The Morgan fingerprint density at radius 1 is 1.07 bits per heavy atom. The summed E-state index contributed by atoms with van der Waals surface area (Å²) in [5.41, 5.74) is 1.03. The largest absolute Gasteiger partial charge is 0.469 e. The van der Waals surface area contributed by atoms with Gasteiger partial charge in [-0.2, -0.15) is 0 Å². The van der Waals surface area contributed by atoms with E-state index in [1.54, 1.807) is 36.4 Å². The Hall–Kier alpha value is -2.18. The van der Waals surface area contributed by atoms with Gasteiger partial charge in [-0.3, -0.25) is 14.4 Å². The average molecular weight is 493 g/mol. The standard InChI is InChI=1S/C23H23BrClNO4/c1-30-23(29)19-8-3-2-7-18(19)21(27)20(14-9-11-16(24)12-10-14)26-22(28)15-5-4-6-17(25)13-15/h4-6,9-13,18-20H,2-3,7-8H2,1H3,(H,26,28)/t18-,19-,20?/m1/s1. The fourth-order valence-corrected chi connectivity index (χ4v) is 4.39. The number of halogens is 2. The first-order chi connectivity index (χ1) is 14.4. The molecule has 0 heterocycles. The topological polar surface area (TPSA) is 72.5 Å². The molecule has 1 aliphatic carbocycles. The molecule has 2 aromatic rings. The first-order valence-corrected chi connectivity index (χ1v) is 11.0. The molecule has 0 radical (unpaired) electrons. The van der Waals surface area contributed by atoms with Gasteiger partial charge in [-0.15, -0.1) is 0 Å². The van der Waals surface area contributed by atoms with Gasteiger partial charge in [0, 0.05) is 21.0 Å². The van der Waals surface area contributed by atoms with Crippen molar-refractivity contribution in [1.82, 2.24) is 5.32 Å². The Balaban J connectivity index is 1.92. The van der Waals surface area contributed by atoms with Gasteiger partial charge in [0.15, 0.2) is 5.78 Å². The zero-order chi connectivity index (χ0) is 21.7. The number of hydrogen-bond acceptors (Lipinski definition) is 4. The summed E-state index contributed by atoms with van der Waals surface area (Å²) in [6.07, 6.45) is 2.94. The van der Waals surface area contributed by atoms with E-state index in [1.807, 2.05) is 12.1 Å². The smallest absolute Gasteiger partial charge is 0.309 e. The van der Waals surface area contributed by atoms with E-state index in [0.29, 0.717) is 29.0 Å². The number of methoxy groups -OCH3 is 1. The highest BCUT2D eigenvalue weighted by Gasteiger charge is 2.40. The lowest BCUT2D eigenvalue weighted by Gasteiger charge is -2.31. The molecule has 1 N–H and O–H groups in total. The van der Waals surface area contributed by atoms with Crippen LogP contribution in [0.15, 0.2) is 53.0 Å². The summed E-state index contributed by atoms with van der Waals surface area (Å²) in [7, 11) is 1.34. The highest BCUT2D eigenvalue weighted by Crippen LogP contribution is 2.35. The molecule has 7 heteroatoms. The average Bonchev–Trinajstić information content (AvgIpc) is 2.77. The highest BCUT2D eigenvalue weighted by molar-refractivity contribution is 9.10. The van der Waals surface area contributed by atoms with Crippen LogP contribution in [0.25, 0.3) is 0 Å². The quantitative estimate of drug-likeness (QED) is 0.568. The zero-order valence-electron chi connectivity index (χ0n) is 16.6. The molecule has 1 unspecified atom stereocenters. The molecule has 0 spiro atoms. The zero-order valence-corrected chi connectivity index (χ0v) is 18.9. The maximum absolute atomic E-state index is 13.6. The number of esters is 1. The first-order valence-electron chi connectivity index (χ1n) is 9.84. The molecule has 30 heavy (non-hydrogen) atoms. The second kappa shape index (κ2) is 10.2. The summed E-state index contributed by atoms with van der Waals surface area (Å²) < 4.78 is 5.80. The summed E-state index contributed by atoms with van der Waals surface area (Å²) >= 11 is 9.40. The fourth-order valence-electron chi connectivity index (χ4n) is 3.94. The molecule has 1 saturated carbocycles. The van der Waals surface area contributed by atoms with E-state index in [9.17, 15) is 14.4 Å². The molecule has 1 amide bonds. The van der Waals surface area contributed by atoms with Gasteiger partial charge in [0.2, 0.25) is 0 Å². The molecule has 3 atom stereocenters. The number of amides is 1. The number of ketones is 1. The van der Waals surface area contributed by atoms with Gasteiger partial charge in [0.25, 0.3) is 5.91 Å². The number of ether oxygens (including phenoxy) is 1. The molecule has 1 aliphatic rings. The van der Waals surface area contributed by atoms with Crippen molar-refractivity contribution in [2.75, 3.05) is 7.11 Å². The third-order valence-electron chi connectivity index (χ3n) is 5.49. The number of nitrogens with one attached hydrogen (secondary N) is 1. The Morgan fingerprint density at radius 3 is 2.37 bits per heavy atom. The van der Waals surface area contributed by atoms with Crippen molar-refractivity contribution in [2.45, 2.75) is 31.7 Å². The number of Topliss-reactive ketones (excluding diaryl/α,β-unsaturated/α-hetero) is 1. The molecule has 0 aliphatic heterocycles. The first kappa shape index (κ1) is 22.5. The maximum Gasteiger partial charge on any atom is 0.309 e. The van der Waals surface area contributed by atoms with Gasteiger partial charge in [-0.25, -0.2) is 0 Å². The normalized spacial score (nSPS) is 19.6. The summed E-state index contributed by atoms with van der Waals surface area (Å²) in [5, 5.41) is 3.29.